The fourth-order valence-corrected chi connectivity index (χ4v) is 3.49. The molecule has 2 aromatic rings. The Morgan fingerprint density at radius 1 is 1.44 bits per heavy atom. The van der Waals surface area contributed by atoms with Crippen LogP contribution in [0.4, 0.5) is 0 Å². The summed E-state index contributed by atoms with van der Waals surface area (Å²) in [6.07, 6.45) is 1.42. The topological polar surface area (TPSA) is 101 Å². The minimum absolute atomic E-state index is 0.0397. The van der Waals surface area contributed by atoms with Gasteiger partial charge < -0.3 is 5.73 Å². The highest BCUT2D eigenvalue weighted by atomic mass is 32.2. The molecule has 98 valence electrons. The molecule has 0 aliphatic rings. The number of rotatable bonds is 5. The normalized spacial score (nSPS) is 11.9. The molecule has 0 bridgehead atoms. The molecule has 0 spiro atoms. The molecular formula is C10H14N4O2S2. The lowest BCUT2D eigenvalue weighted by Crippen LogP contribution is -2.25. The van der Waals surface area contributed by atoms with Crippen molar-refractivity contribution in [3.05, 3.63) is 33.6 Å². The summed E-state index contributed by atoms with van der Waals surface area (Å²) in [7, 11) is -3.60. The summed E-state index contributed by atoms with van der Waals surface area (Å²) in [6.45, 7) is 2.34. The lowest BCUT2D eigenvalue weighted by atomic mass is 10.2. The molecule has 2 heterocycles. The number of aryl methyl sites for hydroxylation is 1. The number of thiophene rings is 1. The fourth-order valence-electron chi connectivity index (χ4n) is 1.49. The highest BCUT2D eigenvalue weighted by molar-refractivity contribution is 7.89. The van der Waals surface area contributed by atoms with E-state index >= 15 is 0 Å². The molecule has 0 radical (unpaired) electrons. The minimum Gasteiger partial charge on any atom is -0.326 e. The quantitative estimate of drug-likeness (QED) is 0.753. The maximum absolute atomic E-state index is 12.0. The Labute approximate surface area is 109 Å². The van der Waals surface area contributed by atoms with Crippen LogP contribution in [0.15, 0.2) is 22.0 Å². The zero-order chi connectivity index (χ0) is 13.2. The van der Waals surface area contributed by atoms with E-state index in [-0.39, 0.29) is 18.1 Å². The second-order valence-electron chi connectivity index (χ2n) is 3.83. The lowest BCUT2D eigenvalue weighted by Gasteiger charge is -2.06. The molecule has 0 unspecified atom stereocenters. The first kappa shape index (κ1) is 13.2. The van der Waals surface area contributed by atoms with Gasteiger partial charge in [0.15, 0.2) is 5.03 Å². The van der Waals surface area contributed by atoms with Crippen LogP contribution >= 0.6 is 11.3 Å². The van der Waals surface area contributed by atoms with Gasteiger partial charge in [0.2, 0.25) is 0 Å². The molecule has 2 aromatic heterocycles. The van der Waals surface area contributed by atoms with Crippen molar-refractivity contribution in [3.8, 4) is 0 Å². The average molecular weight is 286 g/mol. The summed E-state index contributed by atoms with van der Waals surface area (Å²) in [4.78, 5) is 0. The Kier molecular flexibility index (Phi) is 3.81. The van der Waals surface area contributed by atoms with Gasteiger partial charge >= 0.3 is 0 Å². The van der Waals surface area contributed by atoms with Gasteiger partial charge in [-0.15, -0.1) is 0 Å². The highest BCUT2D eigenvalue weighted by Gasteiger charge is 2.20. The maximum atomic E-state index is 12.0. The number of nitrogens with two attached hydrogens (primary N) is 1. The number of aromatic amines is 1. The molecule has 2 rings (SSSR count). The number of nitrogens with one attached hydrogen (secondary N) is 2. The molecule has 0 aromatic carbocycles. The summed E-state index contributed by atoms with van der Waals surface area (Å²) in [6, 6.07) is 0. The lowest BCUT2D eigenvalue weighted by molar-refractivity contribution is 0.575. The molecular weight excluding hydrogens is 272 g/mol. The van der Waals surface area contributed by atoms with Crippen molar-refractivity contribution in [2.75, 3.05) is 0 Å². The van der Waals surface area contributed by atoms with Gasteiger partial charge in [0.05, 0.1) is 6.20 Å². The molecule has 0 atom stereocenters. The van der Waals surface area contributed by atoms with E-state index in [1.54, 1.807) is 11.3 Å². The number of aromatic nitrogens is 2. The number of H-pyrrole nitrogens is 1. The van der Waals surface area contributed by atoms with Gasteiger partial charge in [-0.25, -0.2) is 13.1 Å². The largest absolute Gasteiger partial charge is 0.326 e. The standard InChI is InChI=1S/C10H14N4O2S2/c1-7-5-17-6-9(7)4-13-18(15,16)10-8(2-11)3-12-14-10/h3,5-6,13H,2,4,11H2,1H3,(H,12,14). The van der Waals surface area contributed by atoms with E-state index < -0.39 is 10.0 Å². The van der Waals surface area contributed by atoms with Crippen LogP contribution in [0.25, 0.3) is 0 Å². The van der Waals surface area contributed by atoms with Gasteiger partial charge in [0, 0.05) is 18.7 Å². The van der Waals surface area contributed by atoms with Crippen LogP contribution in [0.2, 0.25) is 0 Å². The molecule has 0 amide bonds. The highest BCUT2D eigenvalue weighted by Crippen LogP contribution is 2.15. The third kappa shape index (κ3) is 2.61. The molecule has 8 heteroatoms. The predicted octanol–water partition coefficient (Wildman–Crippen LogP) is 0.717. The van der Waals surface area contributed by atoms with Crippen molar-refractivity contribution in [1.29, 1.82) is 0 Å². The maximum Gasteiger partial charge on any atom is 0.258 e. The number of nitrogens with zero attached hydrogens (tertiary/aromatic N) is 1. The van der Waals surface area contributed by atoms with E-state index in [1.165, 1.54) is 6.20 Å². The third-order valence-corrected chi connectivity index (χ3v) is 4.91. The molecule has 0 aliphatic carbocycles. The van der Waals surface area contributed by atoms with Gasteiger partial charge in [-0.05, 0) is 28.8 Å². The van der Waals surface area contributed by atoms with Crippen LogP contribution in [0.3, 0.4) is 0 Å². The molecule has 6 nitrogen and oxygen atoms in total. The van der Waals surface area contributed by atoms with Crippen LogP contribution in [-0.4, -0.2) is 18.6 Å². The summed E-state index contributed by atoms with van der Waals surface area (Å²) in [5.74, 6) is 0. The Morgan fingerprint density at radius 2 is 2.22 bits per heavy atom. The summed E-state index contributed by atoms with van der Waals surface area (Å²) < 4.78 is 26.6. The summed E-state index contributed by atoms with van der Waals surface area (Å²) in [5.41, 5.74) is 7.98. The SMILES string of the molecule is Cc1cscc1CNS(=O)(=O)c1[nH]ncc1CN. The summed E-state index contributed by atoms with van der Waals surface area (Å²) in [5, 5.41) is 10.1. The number of sulfonamides is 1. The summed E-state index contributed by atoms with van der Waals surface area (Å²) >= 11 is 1.55. The molecule has 18 heavy (non-hydrogen) atoms. The van der Waals surface area contributed by atoms with E-state index in [4.69, 9.17) is 5.73 Å². The monoisotopic (exact) mass is 286 g/mol. The molecule has 0 fully saturated rings. The predicted molar refractivity (Wildman–Crippen MR) is 69.6 cm³/mol. The first-order valence-corrected chi connectivity index (χ1v) is 7.71. The van der Waals surface area contributed by atoms with Gasteiger partial charge in [-0.3, -0.25) is 5.10 Å². The van der Waals surface area contributed by atoms with Crippen LogP contribution < -0.4 is 10.5 Å². The van der Waals surface area contributed by atoms with Crippen molar-refractivity contribution < 1.29 is 8.42 Å². The van der Waals surface area contributed by atoms with Crippen molar-refractivity contribution in [3.63, 3.8) is 0 Å². The Morgan fingerprint density at radius 3 is 2.83 bits per heavy atom. The minimum atomic E-state index is -3.60. The molecule has 0 saturated carbocycles. The number of hydrogen-bond acceptors (Lipinski definition) is 5. The van der Waals surface area contributed by atoms with E-state index in [9.17, 15) is 8.42 Å². The Balaban J connectivity index is 2.16. The van der Waals surface area contributed by atoms with E-state index in [0.717, 1.165) is 11.1 Å². The van der Waals surface area contributed by atoms with Crippen molar-refractivity contribution >= 4 is 21.4 Å². The fraction of sp³-hybridized carbons (Fsp3) is 0.300. The van der Waals surface area contributed by atoms with Crippen molar-refractivity contribution in [1.82, 2.24) is 14.9 Å². The van der Waals surface area contributed by atoms with E-state index in [1.807, 2.05) is 17.7 Å². The first-order chi connectivity index (χ1) is 8.54. The van der Waals surface area contributed by atoms with Gasteiger partial charge in [-0.2, -0.15) is 16.4 Å². The average Bonchev–Trinajstić information content (AvgIpc) is 2.95. The smallest absolute Gasteiger partial charge is 0.258 e. The third-order valence-electron chi connectivity index (χ3n) is 2.58. The Bertz CT molecular complexity index is 630. The second kappa shape index (κ2) is 5.19. The van der Waals surface area contributed by atoms with Gasteiger partial charge in [0.1, 0.15) is 0 Å². The molecule has 0 aliphatic heterocycles. The zero-order valence-electron chi connectivity index (χ0n) is 9.80. The number of hydrogen-bond donors (Lipinski definition) is 3. The zero-order valence-corrected chi connectivity index (χ0v) is 11.4. The van der Waals surface area contributed by atoms with Crippen LogP contribution in [0.1, 0.15) is 16.7 Å². The Hall–Kier alpha value is -1.22. The van der Waals surface area contributed by atoms with Crippen LogP contribution in [0.5, 0.6) is 0 Å². The van der Waals surface area contributed by atoms with Crippen LogP contribution in [0, 0.1) is 6.92 Å². The van der Waals surface area contributed by atoms with Crippen LogP contribution in [-0.2, 0) is 23.1 Å². The first-order valence-electron chi connectivity index (χ1n) is 5.28. The van der Waals surface area contributed by atoms with E-state index in [0.29, 0.717) is 5.56 Å². The second-order valence-corrected chi connectivity index (χ2v) is 6.28. The van der Waals surface area contributed by atoms with Crippen molar-refractivity contribution in [2.24, 2.45) is 5.73 Å². The molecule has 4 N–H and O–H groups in total. The van der Waals surface area contributed by atoms with Gasteiger partial charge in [0.25, 0.3) is 10.0 Å². The van der Waals surface area contributed by atoms with Gasteiger partial charge in [-0.1, -0.05) is 0 Å². The molecule has 0 saturated heterocycles. The van der Waals surface area contributed by atoms with Crippen molar-refractivity contribution in [2.45, 2.75) is 25.0 Å². The van der Waals surface area contributed by atoms with E-state index in [2.05, 4.69) is 14.9 Å².